The highest BCUT2D eigenvalue weighted by Crippen LogP contribution is 2.24. The normalized spacial score (nSPS) is 12.0. The molecule has 6 heteroatoms. The van der Waals surface area contributed by atoms with Crippen molar-refractivity contribution in [1.29, 1.82) is 0 Å². The Balaban J connectivity index is 1.56. The molecule has 0 aliphatic carbocycles. The maximum atomic E-state index is 13.7. The number of benzene rings is 3. The molecule has 0 saturated heterocycles. The fourth-order valence-corrected chi connectivity index (χ4v) is 3.04. The number of nitrogens with zero attached hydrogens (tertiary/aromatic N) is 1. The zero-order valence-corrected chi connectivity index (χ0v) is 16.7. The van der Waals surface area contributed by atoms with E-state index >= 15 is 0 Å². The lowest BCUT2D eigenvalue weighted by Crippen LogP contribution is -2.37. The van der Waals surface area contributed by atoms with Gasteiger partial charge >= 0.3 is 0 Å². The van der Waals surface area contributed by atoms with Gasteiger partial charge in [-0.15, -0.1) is 0 Å². The number of ether oxygens (including phenoxy) is 2. The molecule has 158 valence electrons. The zero-order chi connectivity index (χ0) is 21.2. The van der Waals surface area contributed by atoms with Crippen molar-refractivity contribution < 1.29 is 24.1 Å². The van der Waals surface area contributed by atoms with E-state index in [1.54, 1.807) is 36.4 Å². The molecule has 0 aliphatic heterocycles. The van der Waals surface area contributed by atoms with Crippen LogP contribution in [-0.2, 0) is 6.54 Å². The van der Waals surface area contributed by atoms with Crippen LogP contribution in [0, 0.1) is 5.82 Å². The van der Waals surface area contributed by atoms with Crippen molar-refractivity contribution in [2.45, 2.75) is 12.6 Å². The Hall–Kier alpha value is -3.09. The molecule has 30 heavy (non-hydrogen) atoms. The molecule has 0 bridgehead atoms. The van der Waals surface area contributed by atoms with Gasteiger partial charge in [0, 0.05) is 19.6 Å². The molecule has 1 atom stereocenters. The van der Waals surface area contributed by atoms with E-state index in [2.05, 4.69) is 0 Å². The van der Waals surface area contributed by atoms with E-state index in [1.165, 1.54) is 12.1 Å². The minimum atomic E-state index is -0.807. The molecule has 3 aromatic rings. The Morgan fingerprint density at radius 1 is 0.833 bits per heavy atom. The lowest BCUT2D eigenvalue weighted by Gasteiger charge is -2.25. The van der Waals surface area contributed by atoms with E-state index in [4.69, 9.17) is 9.47 Å². The van der Waals surface area contributed by atoms with Crippen molar-refractivity contribution in [3.05, 3.63) is 90.2 Å². The summed E-state index contributed by atoms with van der Waals surface area (Å²) in [6.45, 7) is 1.78. The Bertz CT molecular complexity index is 906. The SMILES string of the molecule is Oc1ccccc1OCCN(Cc1ccccc1)CC(O)COc1ccccc1F. The third-order valence-electron chi connectivity index (χ3n) is 4.52. The van der Waals surface area contributed by atoms with Gasteiger partial charge in [-0.2, -0.15) is 0 Å². The van der Waals surface area contributed by atoms with Crippen molar-refractivity contribution >= 4 is 0 Å². The number of rotatable bonds is 11. The number of phenolic OH excluding ortho intramolecular Hbond substituents is 1. The van der Waals surface area contributed by atoms with Crippen LogP contribution in [-0.4, -0.2) is 47.5 Å². The average molecular weight is 411 g/mol. The Kier molecular flexibility index (Phi) is 8.06. The molecule has 3 aromatic carbocycles. The van der Waals surface area contributed by atoms with Crippen LogP contribution >= 0.6 is 0 Å². The number of phenols is 1. The molecule has 5 nitrogen and oxygen atoms in total. The highest BCUT2D eigenvalue weighted by Gasteiger charge is 2.15. The summed E-state index contributed by atoms with van der Waals surface area (Å²) in [5.74, 6) is 0.169. The van der Waals surface area contributed by atoms with E-state index in [1.807, 2.05) is 35.2 Å². The zero-order valence-electron chi connectivity index (χ0n) is 16.7. The van der Waals surface area contributed by atoms with E-state index in [9.17, 15) is 14.6 Å². The number of hydrogen-bond acceptors (Lipinski definition) is 5. The average Bonchev–Trinajstić information content (AvgIpc) is 2.75. The maximum absolute atomic E-state index is 13.7. The Morgan fingerprint density at radius 2 is 1.50 bits per heavy atom. The first kappa shape index (κ1) is 21.6. The molecule has 0 radical (unpaired) electrons. The van der Waals surface area contributed by atoms with Gasteiger partial charge in [-0.25, -0.2) is 4.39 Å². The van der Waals surface area contributed by atoms with Crippen LogP contribution in [0.25, 0.3) is 0 Å². The number of hydrogen-bond donors (Lipinski definition) is 2. The fourth-order valence-electron chi connectivity index (χ4n) is 3.04. The van der Waals surface area contributed by atoms with E-state index in [0.29, 0.717) is 32.0 Å². The molecule has 0 spiro atoms. The third-order valence-corrected chi connectivity index (χ3v) is 4.52. The lowest BCUT2D eigenvalue weighted by atomic mass is 10.2. The van der Waals surface area contributed by atoms with Crippen LogP contribution < -0.4 is 9.47 Å². The van der Waals surface area contributed by atoms with Gasteiger partial charge in [-0.3, -0.25) is 4.90 Å². The third kappa shape index (κ3) is 6.76. The lowest BCUT2D eigenvalue weighted by molar-refractivity contribution is 0.0591. The molecule has 0 aliphatic rings. The van der Waals surface area contributed by atoms with E-state index in [-0.39, 0.29) is 18.1 Å². The van der Waals surface area contributed by atoms with Crippen molar-refractivity contribution in [2.75, 3.05) is 26.3 Å². The molecule has 0 aromatic heterocycles. The number of aromatic hydroxyl groups is 1. The van der Waals surface area contributed by atoms with Crippen molar-refractivity contribution in [1.82, 2.24) is 4.90 Å². The molecular formula is C24H26FNO4. The molecule has 0 saturated carbocycles. The Labute approximate surface area is 175 Å². The number of aliphatic hydroxyl groups excluding tert-OH is 1. The second kappa shape index (κ2) is 11.2. The van der Waals surface area contributed by atoms with Gasteiger partial charge in [0.25, 0.3) is 0 Å². The topological polar surface area (TPSA) is 62.2 Å². The molecule has 2 N–H and O–H groups in total. The van der Waals surface area contributed by atoms with Gasteiger partial charge in [0.05, 0.1) is 0 Å². The standard InChI is InChI=1S/C24H26FNO4/c25-21-10-4-6-12-23(21)30-18-20(27)17-26(16-19-8-2-1-3-9-19)14-15-29-24-13-7-5-11-22(24)28/h1-13,20,27-28H,14-18H2. The van der Waals surface area contributed by atoms with Gasteiger partial charge in [-0.1, -0.05) is 54.6 Å². The van der Waals surface area contributed by atoms with Crippen LogP contribution in [0.4, 0.5) is 4.39 Å². The van der Waals surface area contributed by atoms with Crippen LogP contribution in [0.3, 0.4) is 0 Å². The van der Waals surface area contributed by atoms with E-state index < -0.39 is 11.9 Å². The van der Waals surface area contributed by atoms with E-state index in [0.717, 1.165) is 5.56 Å². The fraction of sp³-hybridized carbons (Fsp3) is 0.250. The van der Waals surface area contributed by atoms with Gasteiger partial charge < -0.3 is 19.7 Å². The molecular weight excluding hydrogens is 385 g/mol. The molecule has 0 fully saturated rings. The summed E-state index contributed by atoms with van der Waals surface area (Å²) >= 11 is 0. The monoisotopic (exact) mass is 411 g/mol. The maximum Gasteiger partial charge on any atom is 0.165 e. The predicted octanol–water partition coefficient (Wildman–Crippen LogP) is 3.85. The summed E-state index contributed by atoms with van der Waals surface area (Å²) < 4.78 is 24.8. The summed E-state index contributed by atoms with van der Waals surface area (Å²) in [5.41, 5.74) is 1.10. The van der Waals surface area contributed by atoms with Crippen LogP contribution in [0.15, 0.2) is 78.9 Å². The molecule has 0 amide bonds. The summed E-state index contributed by atoms with van der Waals surface area (Å²) in [5, 5.41) is 20.3. The number of aliphatic hydroxyl groups is 1. The highest BCUT2D eigenvalue weighted by atomic mass is 19.1. The first-order valence-electron chi connectivity index (χ1n) is 9.84. The van der Waals surface area contributed by atoms with Crippen LogP contribution in [0.2, 0.25) is 0 Å². The minimum absolute atomic E-state index is 0.0213. The Morgan fingerprint density at radius 3 is 2.23 bits per heavy atom. The van der Waals surface area contributed by atoms with Gasteiger partial charge in [0.15, 0.2) is 23.1 Å². The number of halogens is 1. The highest BCUT2D eigenvalue weighted by molar-refractivity contribution is 5.37. The predicted molar refractivity (Wildman–Crippen MR) is 113 cm³/mol. The second-order valence-corrected chi connectivity index (χ2v) is 6.93. The van der Waals surface area contributed by atoms with Crippen molar-refractivity contribution in [3.63, 3.8) is 0 Å². The largest absolute Gasteiger partial charge is 0.504 e. The summed E-state index contributed by atoms with van der Waals surface area (Å²) in [6, 6.07) is 22.8. The molecule has 1 unspecified atom stereocenters. The first-order chi connectivity index (χ1) is 14.6. The minimum Gasteiger partial charge on any atom is -0.504 e. The number of para-hydroxylation sites is 3. The molecule has 0 heterocycles. The van der Waals surface area contributed by atoms with Gasteiger partial charge in [0.1, 0.15) is 19.3 Å². The second-order valence-electron chi connectivity index (χ2n) is 6.93. The quantitative estimate of drug-likeness (QED) is 0.502. The van der Waals surface area contributed by atoms with Crippen molar-refractivity contribution in [2.24, 2.45) is 0 Å². The van der Waals surface area contributed by atoms with Crippen LogP contribution in [0.5, 0.6) is 17.2 Å². The first-order valence-corrected chi connectivity index (χ1v) is 9.84. The summed E-state index contributed by atoms with van der Waals surface area (Å²) in [6.07, 6.45) is -0.807. The summed E-state index contributed by atoms with van der Waals surface area (Å²) in [4.78, 5) is 2.03. The smallest absolute Gasteiger partial charge is 0.165 e. The van der Waals surface area contributed by atoms with Gasteiger partial charge in [-0.05, 0) is 29.8 Å². The van der Waals surface area contributed by atoms with Gasteiger partial charge in [0.2, 0.25) is 0 Å². The summed E-state index contributed by atoms with van der Waals surface area (Å²) in [7, 11) is 0. The van der Waals surface area contributed by atoms with Crippen LogP contribution in [0.1, 0.15) is 5.56 Å². The van der Waals surface area contributed by atoms with Crippen molar-refractivity contribution in [3.8, 4) is 17.2 Å². The molecule has 3 rings (SSSR count).